The van der Waals surface area contributed by atoms with Crippen molar-refractivity contribution in [2.75, 3.05) is 6.54 Å². The number of pyridine rings is 1. The maximum atomic E-state index is 9.83. The Morgan fingerprint density at radius 3 is 3.00 bits per heavy atom. The van der Waals surface area contributed by atoms with Crippen molar-refractivity contribution in [1.82, 2.24) is 19.9 Å². The van der Waals surface area contributed by atoms with Crippen molar-refractivity contribution in [3.63, 3.8) is 0 Å². The van der Waals surface area contributed by atoms with Gasteiger partial charge in [-0.2, -0.15) is 0 Å². The largest absolute Gasteiger partial charge is 0.508 e. The number of hydrogen-bond acceptors (Lipinski definition) is 4. The molecule has 1 atom stereocenters. The number of rotatable bonds is 3. The Balaban J connectivity index is 1.81. The van der Waals surface area contributed by atoms with Crippen LogP contribution in [0.1, 0.15) is 25.1 Å². The van der Waals surface area contributed by atoms with E-state index in [-0.39, 0.29) is 5.75 Å². The molecule has 1 aliphatic rings. The van der Waals surface area contributed by atoms with E-state index in [0.29, 0.717) is 6.04 Å². The third-order valence-electron chi connectivity index (χ3n) is 4.41. The molecule has 5 nitrogen and oxygen atoms in total. The zero-order valence-corrected chi connectivity index (χ0v) is 12.9. The van der Waals surface area contributed by atoms with Crippen molar-refractivity contribution < 1.29 is 5.11 Å². The number of phenolic OH excluding ortho intramolecular Hbond substituents is 1. The first-order valence-corrected chi connectivity index (χ1v) is 8.16. The zero-order valence-electron chi connectivity index (χ0n) is 12.9. The first-order valence-electron chi connectivity index (χ1n) is 8.16. The maximum Gasteiger partial charge on any atom is 0.164 e. The standard InChI is InChI=1S/C18H20N4O/c23-15-7-3-6-14(12-15)22-17(11-13-5-1-2-9-19-13)21-16-8-4-10-20-18(16)22/h3-4,6-8,10,12-13,19,23H,1-2,5,9,11H2. The van der Waals surface area contributed by atoms with Crippen LogP contribution in [-0.4, -0.2) is 32.2 Å². The first-order chi connectivity index (χ1) is 11.3. The number of nitrogens with zero attached hydrogens (tertiary/aromatic N) is 3. The molecule has 1 fully saturated rings. The predicted octanol–water partition coefficient (Wildman–Crippen LogP) is 2.81. The van der Waals surface area contributed by atoms with E-state index in [4.69, 9.17) is 4.98 Å². The zero-order chi connectivity index (χ0) is 15.6. The molecule has 1 unspecified atom stereocenters. The summed E-state index contributed by atoms with van der Waals surface area (Å²) < 4.78 is 2.06. The highest BCUT2D eigenvalue weighted by molar-refractivity contribution is 5.74. The average molecular weight is 308 g/mol. The Bertz CT molecular complexity index is 821. The van der Waals surface area contributed by atoms with E-state index in [1.165, 1.54) is 19.3 Å². The summed E-state index contributed by atoms with van der Waals surface area (Å²) in [6.07, 6.45) is 6.35. The first kappa shape index (κ1) is 14.2. The molecule has 2 N–H and O–H groups in total. The molecule has 4 rings (SSSR count). The van der Waals surface area contributed by atoms with E-state index in [9.17, 15) is 5.11 Å². The molecule has 1 aliphatic heterocycles. The van der Waals surface area contributed by atoms with Crippen LogP contribution in [0, 0.1) is 0 Å². The molecule has 118 valence electrons. The molecule has 5 heteroatoms. The molecule has 1 saturated heterocycles. The van der Waals surface area contributed by atoms with Gasteiger partial charge in [-0.15, -0.1) is 0 Å². The Hall–Kier alpha value is -2.40. The molecule has 0 saturated carbocycles. The third-order valence-corrected chi connectivity index (χ3v) is 4.41. The van der Waals surface area contributed by atoms with Gasteiger partial charge in [-0.25, -0.2) is 9.97 Å². The highest BCUT2D eigenvalue weighted by atomic mass is 16.3. The summed E-state index contributed by atoms with van der Waals surface area (Å²) in [7, 11) is 0. The van der Waals surface area contributed by atoms with Gasteiger partial charge >= 0.3 is 0 Å². The van der Waals surface area contributed by atoms with Crippen molar-refractivity contribution in [2.45, 2.75) is 31.7 Å². The molecule has 0 amide bonds. The monoisotopic (exact) mass is 308 g/mol. The number of nitrogens with one attached hydrogen (secondary N) is 1. The molecule has 0 aliphatic carbocycles. The predicted molar refractivity (Wildman–Crippen MR) is 89.9 cm³/mol. The second-order valence-electron chi connectivity index (χ2n) is 6.08. The molecule has 0 bridgehead atoms. The van der Waals surface area contributed by atoms with E-state index in [0.717, 1.165) is 35.6 Å². The summed E-state index contributed by atoms with van der Waals surface area (Å²) in [6, 6.07) is 11.6. The second kappa shape index (κ2) is 6.01. The quantitative estimate of drug-likeness (QED) is 0.781. The normalized spacial score (nSPS) is 18.3. The van der Waals surface area contributed by atoms with Gasteiger partial charge in [-0.3, -0.25) is 4.57 Å². The van der Waals surface area contributed by atoms with Crippen LogP contribution >= 0.6 is 0 Å². The van der Waals surface area contributed by atoms with Crippen LogP contribution in [-0.2, 0) is 6.42 Å². The molecule has 3 heterocycles. The molecule has 2 aromatic heterocycles. The van der Waals surface area contributed by atoms with Gasteiger partial charge in [-0.1, -0.05) is 12.5 Å². The van der Waals surface area contributed by atoms with Crippen molar-refractivity contribution in [3.05, 3.63) is 48.4 Å². The highest BCUT2D eigenvalue weighted by Crippen LogP contribution is 2.24. The van der Waals surface area contributed by atoms with Gasteiger partial charge in [0.2, 0.25) is 0 Å². The lowest BCUT2D eigenvalue weighted by molar-refractivity contribution is 0.393. The van der Waals surface area contributed by atoms with Crippen LogP contribution < -0.4 is 5.32 Å². The van der Waals surface area contributed by atoms with Gasteiger partial charge in [0.15, 0.2) is 5.65 Å². The summed E-state index contributed by atoms with van der Waals surface area (Å²) in [5.41, 5.74) is 2.63. The van der Waals surface area contributed by atoms with Crippen LogP contribution in [0.5, 0.6) is 5.75 Å². The minimum atomic E-state index is 0.252. The minimum Gasteiger partial charge on any atom is -0.508 e. The van der Waals surface area contributed by atoms with Crippen molar-refractivity contribution in [3.8, 4) is 11.4 Å². The van der Waals surface area contributed by atoms with Gasteiger partial charge in [0, 0.05) is 24.7 Å². The molecule has 23 heavy (non-hydrogen) atoms. The lowest BCUT2D eigenvalue weighted by atomic mass is 10.0. The summed E-state index contributed by atoms with van der Waals surface area (Å²) in [5, 5.41) is 13.4. The fraction of sp³-hybridized carbons (Fsp3) is 0.333. The van der Waals surface area contributed by atoms with Crippen LogP contribution in [0.3, 0.4) is 0 Å². The fourth-order valence-electron chi connectivity index (χ4n) is 3.32. The smallest absolute Gasteiger partial charge is 0.164 e. The van der Waals surface area contributed by atoms with Crippen molar-refractivity contribution in [2.24, 2.45) is 0 Å². The van der Waals surface area contributed by atoms with Gasteiger partial charge in [0.05, 0.1) is 5.69 Å². The maximum absolute atomic E-state index is 9.83. The van der Waals surface area contributed by atoms with Crippen LogP contribution in [0.25, 0.3) is 16.9 Å². The molecular weight excluding hydrogens is 288 g/mol. The van der Waals surface area contributed by atoms with E-state index < -0.39 is 0 Å². The summed E-state index contributed by atoms with van der Waals surface area (Å²) >= 11 is 0. The van der Waals surface area contributed by atoms with E-state index in [2.05, 4.69) is 14.9 Å². The van der Waals surface area contributed by atoms with E-state index in [1.807, 2.05) is 24.3 Å². The molecular formula is C18H20N4O. The lowest BCUT2D eigenvalue weighted by Crippen LogP contribution is -2.36. The van der Waals surface area contributed by atoms with Crippen LogP contribution in [0.15, 0.2) is 42.6 Å². The Labute approximate surface area is 135 Å². The van der Waals surface area contributed by atoms with Crippen molar-refractivity contribution in [1.29, 1.82) is 0 Å². The number of fused-ring (bicyclic) bond motifs is 1. The number of piperidine rings is 1. The average Bonchev–Trinajstić information content (AvgIpc) is 2.93. The summed E-state index contributed by atoms with van der Waals surface area (Å²) in [5.74, 6) is 1.24. The second-order valence-corrected chi connectivity index (χ2v) is 6.08. The highest BCUT2D eigenvalue weighted by Gasteiger charge is 2.19. The summed E-state index contributed by atoms with van der Waals surface area (Å²) in [6.45, 7) is 1.08. The number of phenols is 1. The van der Waals surface area contributed by atoms with Gasteiger partial charge in [0.1, 0.15) is 17.1 Å². The van der Waals surface area contributed by atoms with E-state index in [1.54, 1.807) is 18.3 Å². The van der Waals surface area contributed by atoms with E-state index >= 15 is 0 Å². The van der Waals surface area contributed by atoms with Gasteiger partial charge in [0.25, 0.3) is 0 Å². The number of aromatic hydroxyl groups is 1. The topological polar surface area (TPSA) is 63.0 Å². The Morgan fingerprint density at radius 2 is 2.17 bits per heavy atom. The van der Waals surface area contributed by atoms with Gasteiger partial charge in [-0.05, 0) is 43.7 Å². The number of aromatic nitrogens is 3. The van der Waals surface area contributed by atoms with Gasteiger partial charge < -0.3 is 10.4 Å². The van der Waals surface area contributed by atoms with Crippen LogP contribution in [0.4, 0.5) is 0 Å². The molecule has 1 aromatic carbocycles. The molecule has 0 spiro atoms. The minimum absolute atomic E-state index is 0.252. The Kier molecular flexibility index (Phi) is 3.71. The Morgan fingerprint density at radius 1 is 1.22 bits per heavy atom. The molecule has 0 radical (unpaired) electrons. The molecule has 3 aromatic rings. The lowest BCUT2D eigenvalue weighted by Gasteiger charge is -2.23. The van der Waals surface area contributed by atoms with Crippen LogP contribution in [0.2, 0.25) is 0 Å². The fourth-order valence-corrected chi connectivity index (χ4v) is 3.32. The number of imidazole rings is 1. The number of benzene rings is 1. The third kappa shape index (κ3) is 2.80. The number of hydrogen-bond donors (Lipinski definition) is 2. The van der Waals surface area contributed by atoms with Crippen molar-refractivity contribution >= 4 is 11.2 Å². The SMILES string of the molecule is Oc1cccc(-n2c(CC3CCCCN3)nc3cccnc32)c1. The summed E-state index contributed by atoms with van der Waals surface area (Å²) in [4.78, 5) is 9.29.